The molecule has 0 spiro atoms. The molecule has 0 unspecified atom stereocenters. The van der Waals surface area contributed by atoms with Gasteiger partial charge in [-0.05, 0) is 49.4 Å². The second-order valence-corrected chi connectivity index (χ2v) is 4.94. The highest BCUT2D eigenvalue weighted by Gasteiger charge is 2.15. The maximum Gasteiger partial charge on any atom is 0.251 e. The molecule has 0 bridgehead atoms. The third-order valence-corrected chi connectivity index (χ3v) is 3.54. The molecule has 1 fully saturated rings. The predicted molar refractivity (Wildman–Crippen MR) is 74.9 cm³/mol. The summed E-state index contributed by atoms with van der Waals surface area (Å²) in [6, 6.07) is 5.44. The second-order valence-electron chi connectivity index (χ2n) is 4.94. The van der Waals surface area contributed by atoms with Gasteiger partial charge < -0.3 is 15.5 Å². The van der Waals surface area contributed by atoms with Crippen molar-refractivity contribution in [2.24, 2.45) is 11.8 Å². The summed E-state index contributed by atoms with van der Waals surface area (Å²) in [4.78, 5) is 12.0. The number of hydrogen-bond donors (Lipinski definition) is 3. The van der Waals surface area contributed by atoms with Gasteiger partial charge in [0, 0.05) is 25.3 Å². The number of nitrogen functional groups attached to an aromatic ring is 1. The van der Waals surface area contributed by atoms with Gasteiger partial charge in [-0.15, -0.1) is 0 Å². The SMILES string of the molecule is Cc1cc(C(=O)NCC2CCOCC2)ccc1NN. The number of hydrogen-bond acceptors (Lipinski definition) is 4. The van der Waals surface area contributed by atoms with Crippen LogP contribution in [-0.4, -0.2) is 25.7 Å². The molecule has 0 saturated carbocycles. The minimum Gasteiger partial charge on any atom is -0.381 e. The Balaban J connectivity index is 1.90. The zero-order valence-corrected chi connectivity index (χ0v) is 11.2. The molecule has 0 radical (unpaired) electrons. The van der Waals surface area contributed by atoms with E-state index in [0.717, 1.165) is 43.9 Å². The van der Waals surface area contributed by atoms with Gasteiger partial charge in [-0.1, -0.05) is 0 Å². The number of nitrogens with one attached hydrogen (secondary N) is 2. The molecule has 19 heavy (non-hydrogen) atoms. The molecule has 1 heterocycles. The summed E-state index contributed by atoms with van der Waals surface area (Å²) in [5.41, 5.74) is 5.06. The first-order chi connectivity index (χ1) is 9.20. The number of anilines is 1. The first kappa shape index (κ1) is 13.8. The maximum atomic E-state index is 12.0. The van der Waals surface area contributed by atoms with Crippen LogP contribution in [0.2, 0.25) is 0 Å². The van der Waals surface area contributed by atoms with Gasteiger partial charge in [0.1, 0.15) is 0 Å². The normalized spacial score (nSPS) is 16.1. The number of hydrazine groups is 1. The lowest BCUT2D eigenvalue weighted by Crippen LogP contribution is -2.32. The monoisotopic (exact) mass is 263 g/mol. The molecule has 5 nitrogen and oxygen atoms in total. The van der Waals surface area contributed by atoms with Crippen molar-refractivity contribution in [1.29, 1.82) is 0 Å². The minimum atomic E-state index is -0.0295. The topological polar surface area (TPSA) is 76.4 Å². The van der Waals surface area contributed by atoms with Crippen molar-refractivity contribution < 1.29 is 9.53 Å². The number of carbonyl (C=O) groups is 1. The molecule has 1 aromatic carbocycles. The van der Waals surface area contributed by atoms with E-state index in [9.17, 15) is 4.79 Å². The van der Waals surface area contributed by atoms with Crippen LogP contribution < -0.4 is 16.6 Å². The number of carbonyl (C=O) groups excluding carboxylic acids is 1. The summed E-state index contributed by atoms with van der Waals surface area (Å²) >= 11 is 0. The highest BCUT2D eigenvalue weighted by atomic mass is 16.5. The Bertz CT molecular complexity index is 442. The Morgan fingerprint density at radius 3 is 2.79 bits per heavy atom. The molecule has 1 aliphatic rings. The smallest absolute Gasteiger partial charge is 0.251 e. The molecule has 1 aliphatic heterocycles. The Morgan fingerprint density at radius 1 is 1.42 bits per heavy atom. The fourth-order valence-corrected chi connectivity index (χ4v) is 2.26. The van der Waals surface area contributed by atoms with E-state index < -0.39 is 0 Å². The van der Waals surface area contributed by atoms with Crippen molar-refractivity contribution >= 4 is 11.6 Å². The second kappa shape index (κ2) is 6.54. The molecule has 104 valence electrons. The maximum absolute atomic E-state index is 12.0. The minimum absolute atomic E-state index is 0.0295. The standard InChI is InChI=1S/C14H21N3O2/c1-10-8-12(2-3-13(10)17-15)14(18)16-9-11-4-6-19-7-5-11/h2-3,8,11,17H,4-7,9,15H2,1H3,(H,16,18). The van der Waals surface area contributed by atoms with E-state index in [2.05, 4.69) is 10.7 Å². The van der Waals surface area contributed by atoms with Gasteiger partial charge in [-0.25, -0.2) is 0 Å². The van der Waals surface area contributed by atoms with E-state index in [-0.39, 0.29) is 5.91 Å². The molecule has 1 saturated heterocycles. The lowest BCUT2D eigenvalue weighted by atomic mass is 10.0. The van der Waals surface area contributed by atoms with Crippen LogP contribution in [0.4, 0.5) is 5.69 Å². The van der Waals surface area contributed by atoms with Crippen LogP contribution in [0, 0.1) is 12.8 Å². The summed E-state index contributed by atoms with van der Waals surface area (Å²) in [6.45, 7) is 4.25. The summed E-state index contributed by atoms with van der Waals surface area (Å²) in [6.07, 6.45) is 2.05. The Morgan fingerprint density at radius 2 is 2.16 bits per heavy atom. The predicted octanol–water partition coefficient (Wildman–Crippen LogP) is 1.44. The quantitative estimate of drug-likeness (QED) is 0.567. The first-order valence-corrected chi connectivity index (χ1v) is 6.64. The van der Waals surface area contributed by atoms with Crippen LogP contribution in [0.5, 0.6) is 0 Å². The van der Waals surface area contributed by atoms with E-state index in [1.165, 1.54) is 0 Å². The summed E-state index contributed by atoms with van der Waals surface area (Å²) in [5.74, 6) is 5.87. The molecule has 4 N–H and O–H groups in total. The summed E-state index contributed by atoms with van der Waals surface area (Å²) < 4.78 is 5.30. The van der Waals surface area contributed by atoms with Crippen molar-refractivity contribution in [3.63, 3.8) is 0 Å². The third-order valence-electron chi connectivity index (χ3n) is 3.54. The number of ether oxygens (including phenoxy) is 1. The number of rotatable bonds is 4. The van der Waals surface area contributed by atoms with E-state index in [1.807, 2.05) is 19.1 Å². The largest absolute Gasteiger partial charge is 0.381 e. The molecule has 0 aliphatic carbocycles. The molecule has 2 rings (SSSR count). The van der Waals surface area contributed by atoms with Gasteiger partial charge in [0.05, 0.1) is 5.69 Å². The highest BCUT2D eigenvalue weighted by molar-refractivity contribution is 5.94. The molecular weight excluding hydrogens is 242 g/mol. The van der Waals surface area contributed by atoms with E-state index >= 15 is 0 Å². The number of benzene rings is 1. The van der Waals surface area contributed by atoms with Crippen molar-refractivity contribution in [3.8, 4) is 0 Å². The van der Waals surface area contributed by atoms with Crippen molar-refractivity contribution in [2.45, 2.75) is 19.8 Å². The Hall–Kier alpha value is -1.59. The van der Waals surface area contributed by atoms with Gasteiger partial charge in [-0.2, -0.15) is 0 Å². The zero-order valence-electron chi connectivity index (χ0n) is 11.2. The van der Waals surface area contributed by atoms with Crippen molar-refractivity contribution in [2.75, 3.05) is 25.2 Å². The van der Waals surface area contributed by atoms with Gasteiger partial charge in [0.25, 0.3) is 5.91 Å². The third kappa shape index (κ3) is 3.68. The highest BCUT2D eigenvalue weighted by Crippen LogP contribution is 2.16. The molecular formula is C14H21N3O2. The summed E-state index contributed by atoms with van der Waals surface area (Å²) in [7, 11) is 0. The lowest BCUT2D eigenvalue weighted by molar-refractivity contribution is 0.0642. The molecule has 1 amide bonds. The fourth-order valence-electron chi connectivity index (χ4n) is 2.26. The van der Waals surface area contributed by atoms with Gasteiger partial charge >= 0.3 is 0 Å². The van der Waals surface area contributed by atoms with E-state index in [1.54, 1.807) is 6.07 Å². The van der Waals surface area contributed by atoms with Crippen molar-refractivity contribution in [1.82, 2.24) is 5.32 Å². The zero-order chi connectivity index (χ0) is 13.7. The van der Waals surface area contributed by atoms with Crippen LogP contribution in [0.15, 0.2) is 18.2 Å². The van der Waals surface area contributed by atoms with E-state index in [0.29, 0.717) is 11.5 Å². The molecule has 1 aromatic rings. The molecule has 5 heteroatoms. The molecule has 0 aromatic heterocycles. The van der Waals surface area contributed by atoms with Gasteiger partial charge in [0.2, 0.25) is 0 Å². The first-order valence-electron chi connectivity index (χ1n) is 6.64. The molecule has 0 atom stereocenters. The lowest BCUT2D eigenvalue weighted by Gasteiger charge is -2.22. The van der Waals surface area contributed by atoms with Crippen LogP contribution in [0.3, 0.4) is 0 Å². The Labute approximate surface area is 113 Å². The fraction of sp³-hybridized carbons (Fsp3) is 0.500. The van der Waals surface area contributed by atoms with Crippen LogP contribution in [-0.2, 0) is 4.74 Å². The van der Waals surface area contributed by atoms with Gasteiger partial charge in [-0.3, -0.25) is 10.6 Å². The average molecular weight is 263 g/mol. The van der Waals surface area contributed by atoms with E-state index in [4.69, 9.17) is 10.6 Å². The van der Waals surface area contributed by atoms with Gasteiger partial charge in [0.15, 0.2) is 0 Å². The average Bonchev–Trinajstić information content (AvgIpc) is 2.45. The number of amides is 1. The van der Waals surface area contributed by atoms with Crippen LogP contribution in [0.1, 0.15) is 28.8 Å². The summed E-state index contributed by atoms with van der Waals surface area (Å²) in [5, 5.41) is 2.99. The van der Waals surface area contributed by atoms with Crippen molar-refractivity contribution in [3.05, 3.63) is 29.3 Å². The number of aryl methyl sites for hydroxylation is 1. The van der Waals surface area contributed by atoms with Crippen LogP contribution >= 0.6 is 0 Å². The Kier molecular flexibility index (Phi) is 4.76. The van der Waals surface area contributed by atoms with Crippen LogP contribution in [0.25, 0.3) is 0 Å². The number of nitrogens with two attached hydrogens (primary N) is 1.